The lowest BCUT2D eigenvalue weighted by molar-refractivity contribution is 0.0298. The van der Waals surface area contributed by atoms with Gasteiger partial charge in [0.25, 0.3) is 5.91 Å². The third kappa shape index (κ3) is 2.01. The number of amides is 1. The van der Waals surface area contributed by atoms with E-state index in [0.29, 0.717) is 56.6 Å². The molecule has 0 bridgehead atoms. The first-order valence-electron chi connectivity index (χ1n) is 6.12. The first-order valence-corrected chi connectivity index (χ1v) is 6.12. The molecule has 3 rings (SSSR count). The number of nitrogens with zero attached hydrogens (tertiary/aromatic N) is 1. The molecule has 5 heteroatoms. The van der Waals surface area contributed by atoms with Gasteiger partial charge in [-0.3, -0.25) is 4.79 Å². The molecule has 1 aromatic carbocycles. The van der Waals surface area contributed by atoms with Gasteiger partial charge in [0.05, 0.1) is 18.8 Å². The monoisotopic (exact) mass is 249 g/mol. The van der Waals surface area contributed by atoms with Gasteiger partial charge in [-0.15, -0.1) is 0 Å². The molecule has 0 atom stereocenters. The van der Waals surface area contributed by atoms with Crippen LogP contribution in [-0.4, -0.2) is 50.3 Å². The Morgan fingerprint density at radius 2 is 1.83 bits per heavy atom. The second kappa shape index (κ2) is 4.86. The van der Waals surface area contributed by atoms with Crippen LogP contribution in [0.1, 0.15) is 10.4 Å². The van der Waals surface area contributed by atoms with Crippen molar-refractivity contribution >= 4 is 5.91 Å². The maximum Gasteiger partial charge on any atom is 0.257 e. The Bertz CT molecular complexity index is 454. The standard InChI is InChI=1S/C13H15NO4/c15-13(14-4-6-16-7-5-14)10-2-1-3-11-12(10)18-9-8-17-11/h1-3H,4-9H2. The zero-order chi connectivity index (χ0) is 12.4. The van der Waals surface area contributed by atoms with Gasteiger partial charge in [-0.2, -0.15) is 0 Å². The minimum absolute atomic E-state index is 0.0133. The molecule has 2 aliphatic rings. The average molecular weight is 249 g/mol. The van der Waals surface area contributed by atoms with Crippen LogP contribution < -0.4 is 9.47 Å². The van der Waals surface area contributed by atoms with Crippen LogP contribution in [0.5, 0.6) is 11.5 Å². The normalized spacial score (nSPS) is 18.6. The Balaban J connectivity index is 1.89. The van der Waals surface area contributed by atoms with E-state index in [-0.39, 0.29) is 5.91 Å². The Kier molecular flexibility index (Phi) is 3.06. The second-order valence-electron chi connectivity index (χ2n) is 4.23. The van der Waals surface area contributed by atoms with E-state index in [1.807, 2.05) is 12.1 Å². The fourth-order valence-corrected chi connectivity index (χ4v) is 2.18. The van der Waals surface area contributed by atoms with Crippen LogP contribution in [0.25, 0.3) is 0 Å². The largest absolute Gasteiger partial charge is 0.486 e. The fourth-order valence-electron chi connectivity index (χ4n) is 2.18. The van der Waals surface area contributed by atoms with Crippen LogP contribution >= 0.6 is 0 Å². The molecular formula is C13H15NO4. The highest BCUT2D eigenvalue weighted by atomic mass is 16.6. The van der Waals surface area contributed by atoms with Crippen LogP contribution in [-0.2, 0) is 4.74 Å². The van der Waals surface area contributed by atoms with Crippen molar-refractivity contribution in [1.29, 1.82) is 0 Å². The number of carbonyl (C=O) groups is 1. The lowest BCUT2D eigenvalue weighted by Crippen LogP contribution is -2.41. The lowest BCUT2D eigenvalue weighted by atomic mass is 10.1. The highest BCUT2D eigenvalue weighted by Crippen LogP contribution is 2.34. The molecule has 0 saturated carbocycles. The number of ether oxygens (including phenoxy) is 3. The van der Waals surface area contributed by atoms with Gasteiger partial charge in [-0.25, -0.2) is 0 Å². The minimum Gasteiger partial charge on any atom is -0.486 e. The van der Waals surface area contributed by atoms with Crippen LogP contribution in [0.3, 0.4) is 0 Å². The summed E-state index contributed by atoms with van der Waals surface area (Å²) in [5, 5.41) is 0. The van der Waals surface area contributed by atoms with Gasteiger partial charge in [-0.05, 0) is 12.1 Å². The summed E-state index contributed by atoms with van der Waals surface area (Å²) in [4.78, 5) is 14.2. The molecular weight excluding hydrogens is 234 g/mol. The Labute approximate surface area is 105 Å². The third-order valence-electron chi connectivity index (χ3n) is 3.09. The molecule has 0 aliphatic carbocycles. The molecule has 0 radical (unpaired) electrons. The number of rotatable bonds is 1. The Morgan fingerprint density at radius 3 is 2.67 bits per heavy atom. The summed E-state index contributed by atoms with van der Waals surface area (Å²) in [6.45, 7) is 3.46. The van der Waals surface area contributed by atoms with Gasteiger partial charge in [0, 0.05) is 13.1 Å². The molecule has 2 aliphatic heterocycles. The molecule has 96 valence electrons. The smallest absolute Gasteiger partial charge is 0.257 e. The van der Waals surface area contributed by atoms with Crippen molar-refractivity contribution in [1.82, 2.24) is 4.90 Å². The molecule has 0 aromatic heterocycles. The Hall–Kier alpha value is -1.75. The Morgan fingerprint density at radius 1 is 1.06 bits per heavy atom. The molecule has 1 fully saturated rings. The van der Waals surface area contributed by atoms with Crippen LogP contribution in [0.2, 0.25) is 0 Å². The van der Waals surface area contributed by atoms with Crippen LogP contribution in [0, 0.1) is 0 Å². The summed E-state index contributed by atoms with van der Waals surface area (Å²) in [6.07, 6.45) is 0. The van der Waals surface area contributed by atoms with Crippen molar-refractivity contribution in [3.8, 4) is 11.5 Å². The number of carbonyl (C=O) groups excluding carboxylic acids is 1. The lowest BCUT2D eigenvalue weighted by Gasteiger charge is -2.28. The molecule has 2 heterocycles. The molecule has 5 nitrogen and oxygen atoms in total. The van der Waals surface area contributed by atoms with Gasteiger partial charge < -0.3 is 19.1 Å². The zero-order valence-electron chi connectivity index (χ0n) is 10.1. The first kappa shape index (κ1) is 11.3. The predicted octanol–water partition coefficient (Wildman–Crippen LogP) is 0.930. The topological polar surface area (TPSA) is 48.0 Å². The van der Waals surface area contributed by atoms with Crippen LogP contribution in [0.4, 0.5) is 0 Å². The highest BCUT2D eigenvalue weighted by molar-refractivity contribution is 5.98. The van der Waals surface area contributed by atoms with Gasteiger partial charge in [0.1, 0.15) is 13.2 Å². The van der Waals surface area contributed by atoms with E-state index in [0.717, 1.165) is 0 Å². The van der Waals surface area contributed by atoms with Gasteiger partial charge in [0.2, 0.25) is 0 Å². The van der Waals surface area contributed by atoms with Gasteiger partial charge >= 0.3 is 0 Å². The molecule has 0 N–H and O–H groups in total. The summed E-state index contributed by atoms with van der Waals surface area (Å²) >= 11 is 0. The minimum atomic E-state index is -0.0133. The maximum absolute atomic E-state index is 12.4. The van der Waals surface area contributed by atoms with E-state index in [1.165, 1.54) is 0 Å². The van der Waals surface area contributed by atoms with Crippen molar-refractivity contribution in [2.45, 2.75) is 0 Å². The predicted molar refractivity (Wildman–Crippen MR) is 64.2 cm³/mol. The summed E-state index contributed by atoms with van der Waals surface area (Å²) in [5.74, 6) is 1.21. The number of hydrogen-bond donors (Lipinski definition) is 0. The number of benzene rings is 1. The molecule has 0 unspecified atom stereocenters. The molecule has 0 spiro atoms. The number of fused-ring (bicyclic) bond motifs is 1. The van der Waals surface area contributed by atoms with E-state index in [4.69, 9.17) is 14.2 Å². The number of hydrogen-bond acceptors (Lipinski definition) is 4. The van der Waals surface area contributed by atoms with E-state index >= 15 is 0 Å². The summed E-state index contributed by atoms with van der Waals surface area (Å²) in [7, 11) is 0. The van der Waals surface area contributed by atoms with E-state index in [9.17, 15) is 4.79 Å². The quantitative estimate of drug-likeness (QED) is 0.743. The maximum atomic E-state index is 12.4. The van der Waals surface area contributed by atoms with Crippen molar-refractivity contribution in [2.75, 3.05) is 39.5 Å². The van der Waals surface area contributed by atoms with Gasteiger partial charge in [-0.1, -0.05) is 6.07 Å². The highest BCUT2D eigenvalue weighted by Gasteiger charge is 2.25. The summed E-state index contributed by atoms with van der Waals surface area (Å²) in [5.41, 5.74) is 0.578. The van der Waals surface area contributed by atoms with Crippen LogP contribution in [0.15, 0.2) is 18.2 Å². The second-order valence-corrected chi connectivity index (χ2v) is 4.23. The zero-order valence-corrected chi connectivity index (χ0v) is 10.1. The summed E-state index contributed by atoms with van der Waals surface area (Å²) < 4.78 is 16.3. The molecule has 1 aromatic rings. The van der Waals surface area contributed by atoms with Crippen molar-refractivity contribution in [2.24, 2.45) is 0 Å². The number of morpholine rings is 1. The van der Waals surface area contributed by atoms with E-state index in [2.05, 4.69) is 0 Å². The average Bonchev–Trinajstić information content (AvgIpc) is 2.47. The SMILES string of the molecule is O=C(c1cccc2c1OCCO2)N1CCOCC1. The van der Waals surface area contributed by atoms with Gasteiger partial charge in [0.15, 0.2) is 11.5 Å². The van der Waals surface area contributed by atoms with E-state index < -0.39 is 0 Å². The van der Waals surface area contributed by atoms with Crippen molar-refractivity contribution in [3.63, 3.8) is 0 Å². The first-order chi connectivity index (χ1) is 8.86. The van der Waals surface area contributed by atoms with Crippen molar-refractivity contribution in [3.05, 3.63) is 23.8 Å². The molecule has 18 heavy (non-hydrogen) atoms. The molecule has 1 amide bonds. The van der Waals surface area contributed by atoms with Crippen molar-refractivity contribution < 1.29 is 19.0 Å². The fraction of sp³-hybridized carbons (Fsp3) is 0.462. The molecule has 1 saturated heterocycles. The third-order valence-corrected chi connectivity index (χ3v) is 3.09. The van der Waals surface area contributed by atoms with E-state index in [1.54, 1.807) is 11.0 Å². The number of para-hydroxylation sites is 1. The summed E-state index contributed by atoms with van der Waals surface area (Å²) in [6, 6.07) is 5.43.